The van der Waals surface area contributed by atoms with Gasteiger partial charge in [0.05, 0.1) is 4.90 Å². The summed E-state index contributed by atoms with van der Waals surface area (Å²) in [7, 11) is -3.42. The summed E-state index contributed by atoms with van der Waals surface area (Å²) >= 11 is 0. The van der Waals surface area contributed by atoms with Gasteiger partial charge in [-0.2, -0.15) is 4.31 Å². The van der Waals surface area contributed by atoms with Gasteiger partial charge in [0.15, 0.2) is 0 Å². The van der Waals surface area contributed by atoms with Gasteiger partial charge in [-0.05, 0) is 50.8 Å². The Kier molecular flexibility index (Phi) is 4.23. The molecule has 1 aliphatic heterocycles. The predicted molar refractivity (Wildman–Crippen MR) is 93.7 cm³/mol. The van der Waals surface area contributed by atoms with Crippen LogP contribution in [0.15, 0.2) is 52.5 Å². The van der Waals surface area contributed by atoms with Crippen LogP contribution in [0.3, 0.4) is 0 Å². The maximum Gasteiger partial charge on any atom is 0.243 e. The van der Waals surface area contributed by atoms with Crippen LogP contribution in [-0.4, -0.2) is 25.8 Å². The maximum absolute atomic E-state index is 13.0. The van der Waals surface area contributed by atoms with E-state index in [0.29, 0.717) is 18.0 Å². The number of rotatable bonds is 2. The third-order valence-electron chi connectivity index (χ3n) is 5.19. The van der Waals surface area contributed by atoms with Crippen molar-refractivity contribution in [2.24, 2.45) is 5.41 Å². The summed E-state index contributed by atoms with van der Waals surface area (Å²) in [4.78, 5) is 0.398. The molecule has 0 bridgehead atoms. The van der Waals surface area contributed by atoms with Crippen molar-refractivity contribution in [2.75, 3.05) is 13.1 Å². The predicted octanol–water partition coefficient (Wildman–Crippen LogP) is 4.06. The van der Waals surface area contributed by atoms with Gasteiger partial charge in [0.1, 0.15) is 0 Å². The molecule has 0 amide bonds. The number of nitrogens with zero attached hydrogens (tertiary/aromatic N) is 1. The largest absolute Gasteiger partial charge is 0.243 e. The van der Waals surface area contributed by atoms with Crippen molar-refractivity contribution in [3.8, 4) is 0 Å². The van der Waals surface area contributed by atoms with E-state index in [4.69, 9.17) is 0 Å². The number of benzene rings is 1. The normalized spacial score (nSPS) is 30.6. The van der Waals surface area contributed by atoms with E-state index in [1.807, 2.05) is 19.1 Å². The number of aryl methyl sites for hydroxylation is 1. The Balaban J connectivity index is 1.97. The molecule has 0 spiro atoms. The summed E-state index contributed by atoms with van der Waals surface area (Å²) in [5.74, 6) is 0. The second kappa shape index (κ2) is 5.91. The lowest BCUT2D eigenvalue weighted by Gasteiger charge is -2.28. The molecule has 1 saturated heterocycles. The van der Waals surface area contributed by atoms with E-state index >= 15 is 0 Å². The lowest BCUT2D eigenvalue weighted by molar-refractivity contribution is 0.341. The molecule has 124 valence electrons. The fraction of sp³-hybridized carbons (Fsp3) is 0.474. The number of allylic oxidation sites excluding steroid dienone is 3. The van der Waals surface area contributed by atoms with Crippen LogP contribution < -0.4 is 0 Å². The quantitative estimate of drug-likeness (QED) is 0.819. The highest BCUT2D eigenvalue weighted by molar-refractivity contribution is 7.89. The molecular formula is C19H25NO2S. The third kappa shape index (κ3) is 3.02. The fourth-order valence-electron chi connectivity index (χ4n) is 3.74. The molecule has 4 heteroatoms. The Morgan fingerprint density at radius 2 is 1.83 bits per heavy atom. The summed E-state index contributed by atoms with van der Waals surface area (Å²) in [6, 6.07) is 7.16. The minimum Gasteiger partial charge on any atom is -0.207 e. The molecule has 3 rings (SSSR count). The van der Waals surface area contributed by atoms with Gasteiger partial charge >= 0.3 is 0 Å². The molecule has 0 unspecified atom stereocenters. The van der Waals surface area contributed by atoms with Crippen LogP contribution >= 0.6 is 0 Å². The van der Waals surface area contributed by atoms with Gasteiger partial charge in [-0.1, -0.05) is 42.3 Å². The van der Waals surface area contributed by atoms with Crippen molar-refractivity contribution in [2.45, 2.75) is 44.9 Å². The minimum absolute atomic E-state index is 0.0351. The Morgan fingerprint density at radius 1 is 1.13 bits per heavy atom. The van der Waals surface area contributed by atoms with Gasteiger partial charge in [0.25, 0.3) is 0 Å². The zero-order chi connectivity index (χ0) is 16.7. The highest BCUT2D eigenvalue weighted by Gasteiger charge is 2.43. The van der Waals surface area contributed by atoms with Crippen molar-refractivity contribution in [1.29, 1.82) is 0 Å². The van der Waals surface area contributed by atoms with Gasteiger partial charge in [0, 0.05) is 18.5 Å². The van der Waals surface area contributed by atoms with E-state index in [-0.39, 0.29) is 5.41 Å². The molecule has 1 fully saturated rings. The van der Waals surface area contributed by atoms with Crippen molar-refractivity contribution in [3.05, 3.63) is 53.1 Å². The third-order valence-corrected chi connectivity index (χ3v) is 7.00. The van der Waals surface area contributed by atoms with E-state index in [1.165, 1.54) is 11.1 Å². The lowest BCUT2D eigenvalue weighted by atomic mass is 9.77. The van der Waals surface area contributed by atoms with E-state index in [2.05, 4.69) is 26.0 Å². The van der Waals surface area contributed by atoms with E-state index in [0.717, 1.165) is 24.8 Å². The number of sulfonamides is 1. The standard InChI is InChI=1S/C19H25NO2S/c1-15-8-10-17(11-9-15)23(21,22)20-13-18-16(2)7-5-4-6-12-19(18,3)14-20/h5,7-11H,4,6,12-14H2,1-3H3/b7-5-,18-16-/t19-/m0/s1. The topological polar surface area (TPSA) is 37.4 Å². The highest BCUT2D eigenvalue weighted by Crippen LogP contribution is 2.44. The van der Waals surface area contributed by atoms with Crippen LogP contribution in [0.5, 0.6) is 0 Å². The monoisotopic (exact) mass is 331 g/mol. The molecule has 0 N–H and O–H groups in total. The maximum atomic E-state index is 13.0. The van der Waals surface area contributed by atoms with E-state index in [1.54, 1.807) is 16.4 Å². The van der Waals surface area contributed by atoms with Crippen molar-refractivity contribution in [3.63, 3.8) is 0 Å². The molecule has 0 aromatic heterocycles. The smallest absolute Gasteiger partial charge is 0.207 e. The zero-order valence-electron chi connectivity index (χ0n) is 14.2. The van der Waals surface area contributed by atoms with Gasteiger partial charge < -0.3 is 0 Å². The van der Waals surface area contributed by atoms with Gasteiger partial charge in [0.2, 0.25) is 10.0 Å². The first kappa shape index (κ1) is 16.5. The lowest BCUT2D eigenvalue weighted by Crippen LogP contribution is -2.31. The zero-order valence-corrected chi connectivity index (χ0v) is 15.0. The van der Waals surface area contributed by atoms with Crippen LogP contribution in [0, 0.1) is 12.3 Å². The molecule has 1 aromatic rings. The number of hydrogen-bond donors (Lipinski definition) is 0. The van der Waals surface area contributed by atoms with Gasteiger partial charge in [-0.3, -0.25) is 0 Å². The van der Waals surface area contributed by atoms with Crippen LogP contribution in [-0.2, 0) is 10.0 Å². The second-order valence-electron chi connectivity index (χ2n) is 7.10. The van der Waals surface area contributed by atoms with Crippen LogP contribution in [0.1, 0.15) is 38.7 Å². The Bertz CT molecular complexity index is 759. The van der Waals surface area contributed by atoms with Crippen molar-refractivity contribution < 1.29 is 8.42 Å². The van der Waals surface area contributed by atoms with Crippen LogP contribution in [0.4, 0.5) is 0 Å². The first-order chi connectivity index (χ1) is 10.8. The molecule has 3 nitrogen and oxygen atoms in total. The van der Waals surface area contributed by atoms with E-state index in [9.17, 15) is 8.42 Å². The molecule has 1 aromatic carbocycles. The summed E-state index contributed by atoms with van der Waals surface area (Å²) in [5.41, 5.74) is 3.55. The molecule has 1 heterocycles. The second-order valence-corrected chi connectivity index (χ2v) is 9.04. The molecule has 0 radical (unpaired) electrons. The van der Waals surface area contributed by atoms with Crippen LogP contribution in [0.25, 0.3) is 0 Å². The summed E-state index contributed by atoms with van der Waals surface area (Å²) in [6.45, 7) is 7.40. The molecular weight excluding hydrogens is 306 g/mol. The molecule has 23 heavy (non-hydrogen) atoms. The first-order valence-corrected chi connectivity index (χ1v) is 9.70. The average molecular weight is 331 g/mol. The molecule has 1 atom stereocenters. The Labute approximate surface area is 139 Å². The average Bonchev–Trinajstić information content (AvgIpc) is 2.84. The van der Waals surface area contributed by atoms with E-state index < -0.39 is 10.0 Å². The minimum atomic E-state index is -3.42. The first-order valence-electron chi connectivity index (χ1n) is 8.26. The van der Waals surface area contributed by atoms with Gasteiger partial charge in [-0.25, -0.2) is 8.42 Å². The SMILES string of the molecule is CC1=C2\CN(S(=O)(=O)c3ccc(C)cc3)C[C@]2(C)CCC/C=C\1. The summed E-state index contributed by atoms with van der Waals surface area (Å²) in [5, 5.41) is 0. The summed E-state index contributed by atoms with van der Waals surface area (Å²) in [6.07, 6.45) is 7.60. The summed E-state index contributed by atoms with van der Waals surface area (Å²) < 4.78 is 27.7. The number of fused-ring (bicyclic) bond motifs is 1. The molecule has 2 aliphatic rings. The van der Waals surface area contributed by atoms with Gasteiger partial charge in [-0.15, -0.1) is 0 Å². The van der Waals surface area contributed by atoms with Crippen molar-refractivity contribution in [1.82, 2.24) is 4.31 Å². The highest BCUT2D eigenvalue weighted by atomic mass is 32.2. The fourth-order valence-corrected chi connectivity index (χ4v) is 5.27. The van der Waals surface area contributed by atoms with Crippen LogP contribution in [0.2, 0.25) is 0 Å². The molecule has 0 saturated carbocycles. The Hall–Kier alpha value is -1.39. The number of hydrogen-bond acceptors (Lipinski definition) is 2. The Morgan fingerprint density at radius 3 is 2.52 bits per heavy atom. The van der Waals surface area contributed by atoms with Crippen molar-refractivity contribution >= 4 is 10.0 Å². The molecule has 1 aliphatic carbocycles.